The third kappa shape index (κ3) is 4.75. The van der Waals surface area contributed by atoms with E-state index in [-0.39, 0.29) is 11.1 Å². The topological polar surface area (TPSA) is 139 Å². The van der Waals surface area contributed by atoms with E-state index in [1.54, 1.807) is 60.8 Å². The molecule has 4 aromatic rings. The maximum Gasteiger partial charge on any atom is 0.254 e. The lowest BCUT2D eigenvalue weighted by Crippen LogP contribution is -2.14. The molecule has 3 aromatic carbocycles. The summed E-state index contributed by atoms with van der Waals surface area (Å²) in [5.41, 5.74) is 13.0. The second kappa shape index (κ2) is 9.78. The average molecular weight is 493 g/mol. The van der Waals surface area contributed by atoms with E-state index in [0.717, 1.165) is 0 Å². The van der Waals surface area contributed by atoms with Crippen molar-refractivity contribution >= 4 is 45.7 Å². The predicted molar refractivity (Wildman–Crippen MR) is 133 cm³/mol. The summed E-state index contributed by atoms with van der Waals surface area (Å²) in [5.74, 6) is 0.268. The number of rotatable bonds is 8. The first-order chi connectivity index (χ1) is 16.8. The molecule has 0 saturated heterocycles. The fraction of sp³-hybridized carbons (Fsp3) is 0.0800. The van der Waals surface area contributed by atoms with Crippen molar-refractivity contribution in [2.45, 2.75) is 0 Å². The lowest BCUT2D eigenvalue weighted by atomic mass is 10.1. The van der Waals surface area contributed by atoms with Gasteiger partial charge < -0.3 is 31.0 Å². The Morgan fingerprint density at radius 3 is 2.31 bits per heavy atom. The minimum Gasteiger partial charge on any atom is -0.496 e. The minimum atomic E-state index is -0.641. The summed E-state index contributed by atoms with van der Waals surface area (Å²) in [4.78, 5) is 28.1. The summed E-state index contributed by atoms with van der Waals surface area (Å²) < 4.78 is 16.5. The van der Waals surface area contributed by atoms with Crippen LogP contribution >= 0.6 is 11.6 Å². The predicted octanol–water partition coefficient (Wildman–Crippen LogP) is 4.64. The zero-order valence-electron chi connectivity index (χ0n) is 18.8. The van der Waals surface area contributed by atoms with Crippen LogP contribution in [0.15, 0.2) is 60.8 Å². The number of nitrogens with one attached hydrogen (secondary N) is 1. The van der Waals surface area contributed by atoms with Gasteiger partial charge in [-0.25, -0.2) is 0 Å². The van der Waals surface area contributed by atoms with Crippen molar-refractivity contribution in [3.8, 4) is 23.0 Å². The average Bonchev–Trinajstić information content (AvgIpc) is 2.84. The Kier molecular flexibility index (Phi) is 6.61. The molecule has 0 bridgehead atoms. The lowest BCUT2D eigenvalue weighted by molar-refractivity contribution is 0.0989. The van der Waals surface area contributed by atoms with Gasteiger partial charge in [0.05, 0.1) is 41.7 Å². The van der Waals surface area contributed by atoms with Gasteiger partial charge in [-0.05, 0) is 36.4 Å². The number of fused-ring (bicyclic) bond motifs is 1. The van der Waals surface area contributed by atoms with Gasteiger partial charge in [-0.3, -0.25) is 14.6 Å². The number of pyridine rings is 1. The SMILES string of the molecule is COc1cc2nccc(Oc3ccc(Nc4cccc(OC)c4C(N)=O)c(Cl)c3)c2cc1C(N)=O. The number of carbonyl (C=O) groups excluding carboxylic acids is 2. The van der Waals surface area contributed by atoms with Gasteiger partial charge in [0.25, 0.3) is 11.8 Å². The van der Waals surface area contributed by atoms with Crippen LogP contribution in [0.25, 0.3) is 10.9 Å². The molecule has 0 radical (unpaired) electrons. The summed E-state index contributed by atoms with van der Waals surface area (Å²) in [6.45, 7) is 0. The van der Waals surface area contributed by atoms with Gasteiger partial charge in [-0.2, -0.15) is 0 Å². The number of aromatic nitrogens is 1. The largest absolute Gasteiger partial charge is 0.496 e. The van der Waals surface area contributed by atoms with Crippen LogP contribution in [0, 0.1) is 0 Å². The maximum atomic E-state index is 12.0. The smallest absolute Gasteiger partial charge is 0.254 e. The van der Waals surface area contributed by atoms with Gasteiger partial charge in [0, 0.05) is 23.7 Å². The van der Waals surface area contributed by atoms with Crippen molar-refractivity contribution < 1.29 is 23.8 Å². The van der Waals surface area contributed by atoms with Gasteiger partial charge in [0.2, 0.25) is 0 Å². The monoisotopic (exact) mass is 492 g/mol. The van der Waals surface area contributed by atoms with Gasteiger partial charge >= 0.3 is 0 Å². The number of ether oxygens (including phenoxy) is 3. The number of nitrogens with two attached hydrogens (primary N) is 2. The number of anilines is 2. The number of amides is 2. The van der Waals surface area contributed by atoms with Gasteiger partial charge in [0.15, 0.2) is 0 Å². The highest BCUT2D eigenvalue weighted by Crippen LogP contribution is 2.37. The molecule has 0 spiro atoms. The molecule has 1 heterocycles. The first-order valence-corrected chi connectivity index (χ1v) is 10.7. The highest BCUT2D eigenvalue weighted by Gasteiger charge is 2.17. The van der Waals surface area contributed by atoms with Crippen molar-refractivity contribution in [1.29, 1.82) is 0 Å². The number of hydrogen-bond donors (Lipinski definition) is 3. The van der Waals surface area contributed by atoms with E-state index >= 15 is 0 Å². The molecule has 178 valence electrons. The number of carbonyl (C=O) groups is 2. The van der Waals surface area contributed by atoms with Gasteiger partial charge in [-0.15, -0.1) is 0 Å². The van der Waals surface area contributed by atoms with Crippen LogP contribution in [-0.4, -0.2) is 31.0 Å². The molecule has 1 aromatic heterocycles. The number of nitrogens with zero attached hydrogens (tertiary/aromatic N) is 1. The van der Waals surface area contributed by atoms with Crippen molar-refractivity contribution in [3.05, 3.63) is 76.9 Å². The number of halogens is 1. The Labute approximate surface area is 205 Å². The number of benzene rings is 3. The third-order valence-electron chi connectivity index (χ3n) is 5.22. The Hall–Kier alpha value is -4.50. The molecule has 5 N–H and O–H groups in total. The summed E-state index contributed by atoms with van der Waals surface area (Å²) in [5, 5.41) is 4.01. The van der Waals surface area contributed by atoms with Crippen LogP contribution in [0.1, 0.15) is 20.7 Å². The third-order valence-corrected chi connectivity index (χ3v) is 5.53. The van der Waals surface area contributed by atoms with Crippen molar-refractivity contribution in [3.63, 3.8) is 0 Å². The Morgan fingerprint density at radius 1 is 0.886 bits per heavy atom. The van der Waals surface area contributed by atoms with Crippen LogP contribution in [-0.2, 0) is 0 Å². The first kappa shape index (κ1) is 23.7. The summed E-state index contributed by atoms with van der Waals surface area (Å²) in [7, 11) is 2.90. The van der Waals surface area contributed by atoms with Crippen LogP contribution in [0.2, 0.25) is 5.02 Å². The van der Waals surface area contributed by atoms with Crippen LogP contribution in [0.5, 0.6) is 23.0 Å². The molecule has 0 aliphatic heterocycles. The molecule has 35 heavy (non-hydrogen) atoms. The zero-order chi connectivity index (χ0) is 25.1. The number of primary amides is 2. The highest BCUT2D eigenvalue weighted by molar-refractivity contribution is 6.33. The quantitative estimate of drug-likeness (QED) is 0.325. The van der Waals surface area contributed by atoms with Crippen molar-refractivity contribution in [2.75, 3.05) is 19.5 Å². The molecule has 0 atom stereocenters. The minimum absolute atomic E-state index is 0.204. The summed E-state index contributed by atoms with van der Waals surface area (Å²) in [6, 6.07) is 14.9. The normalized spacial score (nSPS) is 10.6. The van der Waals surface area contributed by atoms with Crippen molar-refractivity contribution in [1.82, 2.24) is 4.98 Å². The fourth-order valence-corrected chi connectivity index (χ4v) is 3.81. The molecule has 0 fully saturated rings. The van der Waals surface area contributed by atoms with Crippen molar-refractivity contribution in [2.24, 2.45) is 11.5 Å². The van der Waals surface area contributed by atoms with E-state index in [1.165, 1.54) is 14.2 Å². The maximum absolute atomic E-state index is 12.0. The first-order valence-electron chi connectivity index (χ1n) is 10.3. The molecule has 4 rings (SSSR count). The molecule has 0 unspecified atom stereocenters. The van der Waals surface area contributed by atoms with E-state index in [4.69, 9.17) is 37.3 Å². The molecule has 0 aliphatic rings. The van der Waals surface area contributed by atoms with E-state index < -0.39 is 11.8 Å². The molecular weight excluding hydrogens is 472 g/mol. The fourth-order valence-electron chi connectivity index (χ4n) is 3.59. The number of hydrogen-bond acceptors (Lipinski definition) is 7. The molecule has 2 amide bonds. The van der Waals surface area contributed by atoms with E-state index in [0.29, 0.717) is 50.3 Å². The molecule has 0 aliphatic carbocycles. The molecule has 0 saturated carbocycles. The standard InChI is InChI=1S/C25H21ClN4O5/c1-33-21-5-3-4-18(23(21)25(28)32)30-17-7-6-13(10-16(17)26)35-20-8-9-29-19-12-22(34-2)15(24(27)31)11-14(19)20/h3-12,30H,1-2H3,(H2,27,31)(H2,28,32). The Balaban J connectivity index is 1.66. The Morgan fingerprint density at radius 2 is 1.66 bits per heavy atom. The molecule has 9 nitrogen and oxygen atoms in total. The second-order valence-electron chi connectivity index (χ2n) is 7.36. The molecular formula is C25H21ClN4O5. The van der Waals surface area contributed by atoms with Crippen LogP contribution < -0.4 is 31.0 Å². The highest BCUT2D eigenvalue weighted by atomic mass is 35.5. The van der Waals surface area contributed by atoms with E-state index in [2.05, 4.69) is 10.3 Å². The Bertz CT molecular complexity index is 1460. The second-order valence-corrected chi connectivity index (χ2v) is 7.77. The van der Waals surface area contributed by atoms with Gasteiger partial charge in [0.1, 0.15) is 28.6 Å². The lowest BCUT2D eigenvalue weighted by Gasteiger charge is -2.15. The van der Waals surface area contributed by atoms with Crippen LogP contribution in [0.4, 0.5) is 11.4 Å². The van der Waals surface area contributed by atoms with Gasteiger partial charge in [-0.1, -0.05) is 17.7 Å². The van der Waals surface area contributed by atoms with Crippen LogP contribution in [0.3, 0.4) is 0 Å². The molecule has 10 heteroatoms. The summed E-state index contributed by atoms with van der Waals surface area (Å²) in [6.07, 6.45) is 1.58. The van der Waals surface area contributed by atoms with E-state index in [9.17, 15) is 9.59 Å². The number of methoxy groups -OCH3 is 2. The summed E-state index contributed by atoms with van der Waals surface area (Å²) >= 11 is 6.50. The van der Waals surface area contributed by atoms with E-state index in [1.807, 2.05) is 0 Å². The zero-order valence-corrected chi connectivity index (χ0v) is 19.6.